The molecule has 0 N–H and O–H groups in total. The maximum Gasteiger partial charge on any atom is 0.282 e. The molecule has 0 unspecified atom stereocenters. The Morgan fingerprint density at radius 1 is 1.00 bits per heavy atom. The molecule has 0 radical (unpaired) electrons. The maximum absolute atomic E-state index is 12.9. The molecule has 9 nitrogen and oxygen atoms in total. The van der Waals surface area contributed by atoms with Crippen LogP contribution in [0.5, 0.6) is 5.75 Å². The Kier molecular flexibility index (Phi) is 6.58. The van der Waals surface area contributed by atoms with Crippen LogP contribution in [0.2, 0.25) is 0 Å². The van der Waals surface area contributed by atoms with Crippen molar-refractivity contribution in [1.82, 2.24) is 23.4 Å². The van der Waals surface area contributed by atoms with Crippen LogP contribution >= 0.6 is 11.3 Å². The van der Waals surface area contributed by atoms with E-state index in [0.717, 1.165) is 23.7 Å². The van der Waals surface area contributed by atoms with Gasteiger partial charge in [-0.25, -0.2) is 4.98 Å². The van der Waals surface area contributed by atoms with Gasteiger partial charge in [-0.3, -0.25) is 4.79 Å². The van der Waals surface area contributed by atoms with Crippen LogP contribution in [0.1, 0.15) is 10.5 Å². The van der Waals surface area contributed by atoms with Crippen molar-refractivity contribution in [1.29, 1.82) is 0 Å². The summed E-state index contributed by atoms with van der Waals surface area (Å²) in [6.45, 7) is 3.77. The molecule has 1 aromatic heterocycles. The van der Waals surface area contributed by atoms with E-state index in [1.54, 1.807) is 21.7 Å². The Morgan fingerprint density at radius 3 is 2.26 bits per heavy atom. The first-order valence-electron chi connectivity index (χ1n) is 10.2. The molecule has 2 aliphatic rings. The second-order valence-corrected chi connectivity index (χ2v) is 10.4. The van der Waals surface area contributed by atoms with E-state index >= 15 is 0 Å². The quantitative estimate of drug-likeness (QED) is 0.657. The number of benzene rings is 1. The minimum Gasteiger partial charge on any atom is -0.496 e. The zero-order chi connectivity index (χ0) is 22.0. The summed E-state index contributed by atoms with van der Waals surface area (Å²) < 4.78 is 34.3. The van der Waals surface area contributed by atoms with E-state index < -0.39 is 10.2 Å². The van der Waals surface area contributed by atoms with Gasteiger partial charge in [0.1, 0.15) is 16.5 Å². The molecule has 2 saturated heterocycles. The van der Waals surface area contributed by atoms with E-state index in [-0.39, 0.29) is 5.91 Å². The van der Waals surface area contributed by atoms with Gasteiger partial charge in [-0.1, -0.05) is 12.1 Å². The van der Waals surface area contributed by atoms with Crippen LogP contribution in [0.4, 0.5) is 0 Å². The lowest BCUT2D eigenvalue weighted by Crippen LogP contribution is -2.57. The zero-order valence-electron chi connectivity index (χ0n) is 17.7. The number of thiazole rings is 1. The Hall–Kier alpha value is -2.05. The molecule has 0 spiro atoms. The van der Waals surface area contributed by atoms with E-state index in [2.05, 4.69) is 9.88 Å². The van der Waals surface area contributed by atoms with Crippen molar-refractivity contribution in [3.05, 3.63) is 35.3 Å². The van der Waals surface area contributed by atoms with E-state index in [0.29, 0.717) is 50.7 Å². The summed E-state index contributed by atoms with van der Waals surface area (Å²) in [6.07, 6.45) is 0. The van der Waals surface area contributed by atoms with Crippen LogP contribution in [0.25, 0.3) is 10.6 Å². The normalized spacial score (nSPS) is 19.5. The van der Waals surface area contributed by atoms with Crippen LogP contribution in [0.3, 0.4) is 0 Å². The monoisotopic (exact) mass is 465 g/mol. The fraction of sp³-hybridized carbons (Fsp3) is 0.500. The molecular formula is C20H27N5O4S2. The van der Waals surface area contributed by atoms with E-state index in [4.69, 9.17) is 4.74 Å². The minimum atomic E-state index is -3.49. The second-order valence-electron chi connectivity index (χ2n) is 7.64. The van der Waals surface area contributed by atoms with Gasteiger partial charge in [0.15, 0.2) is 0 Å². The van der Waals surface area contributed by atoms with E-state index in [1.165, 1.54) is 15.6 Å². The average Bonchev–Trinajstić information content (AvgIpc) is 3.29. The number of nitrogens with zero attached hydrogens (tertiary/aromatic N) is 5. The second kappa shape index (κ2) is 9.21. The van der Waals surface area contributed by atoms with Gasteiger partial charge >= 0.3 is 0 Å². The first-order chi connectivity index (χ1) is 14.9. The number of ether oxygens (including phenoxy) is 1. The van der Waals surface area contributed by atoms with Gasteiger partial charge in [0.2, 0.25) is 0 Å². The highest BCUT2D eigenvalue weighted by Crippen LogP contribution is 2.32. The van der Waals surface area contributed by atoms with E-state index in [1.807, 2.05) is 31.3 Å². The lowest BCUT2D eigenvalue weighted by atomic mass is 10.2. The van der Waals surface area contributed by atoms with Crippen molar-refractivity contribution in [3.63, 3.8) is 0 Å². The molecule has 2 aromatic rings. The van der Waals surface area contributed by atoms with Gasteiger partial charge in [0.05, 0.1) is 12.7 Å². The van der Waals surface area contributed by atoms with Gasteiger partial charge in [-0.05, 0) is 19.2 Å². The van der Waals surface area contributed by atoms with Gasteiger partial charge in [0.25, 0.3) is 16.1 Å². The predicted molar refractivity (Wildman–Crippen MR) is 120 cm³/mol. The van der Waals surface area contributed by atoms with Gasteiger partial charge < -0.3 is 14.5 Å². The topological polar surface area (TPSA) is 86.3 Å². The number of amides is 1. The van der Waals surface area contributed by atoms with E-state index in [9.17, 15) is 13.2 Å². The molecule has 31 heavy (non-hydrogen) atoms. The summed E-state index contributed by atoms with van der Waals surface area (Å²) >= 11 is 1.39. The number of piperazine rings is 2. The van der Waals surface area contributed by atoms with Crippen LogP contribution in [-0.2, 0) is 10.2 Å². The van der Waals surface area contributed by atoms with Crippen molar-refractivity contribution >= 4 is 27.5 Å². The highest BCUT2D eigenvalue weighted by atomic mass is 32.2. The molecular weight excluding hydrogens is 438 g/mol. The molecule has 168 valence electrons. The molecule has 1 aromatic carbocycles. The molecule has 0 atom stereocenters. The lowest BCUT2D eigenvalue weighted by Gasteiger charge is -2.38. The summed E-state index contributed by atoms with van der Waals surface area (Å²) in [4.78, 5) is 21.3. The number of aromatic nitrogens is 1. The zero-order valence-corrected chi connectivity index (χ0v) is 19.4. The number of para-hydroxylation sites is 1. The third kappa shape index (κ3) is 4.60. The molecule has 11 heteroatoms. The smallest absolute Gasteiger partial charge is 0.282 e. The summed E-state index contributed by atoms with van der Waals surface area (Å²) in [6, 6.07) is 7.56. The van der Waals surface area contributed by atoms with Crippen LogP contribution in [0, 0.1) is 0 Å². The third-order valence-electron chi connectivity index (χ3n) is 5.70. The highest BCUT2D eigenvalue weighted by Gasteiger charge is 2.35. The van der Waals surface area contributed by atoms with Crippen molar-refractivity contribution < 1.29 is 17.9 Å². The number of likely N-dealkylation sites (N-methyl/N-ethyl adjacent to an activating group) is 1. The third-order valence-corrected chi connectivity index (χ3v) is 8.61. The molecule has 3 heterocycles. The van der Waals surface area contributed by atoms with Crippen molar-refractivity contribution in [2.24, 2.45) is 0 Å². The number of carbonyl (C=O) groups excluding carboxylic acids is 1. The molecule has 0 bridgehead atoms. The Balaban J connectivity index is 1.39. The average molecular weight is 466 g/mol. The predicted octanol–water partition coefficient (Wildman–Crippen LogP) is 1.07. The Morgan fingerprint density at radius 2 is 1.61 bits per heavy atom. The fourth-order valence-corrected chi connectivity index (χ4v) is 6.18. The first kappa shape index (κ1) is 22.2. The number of hydrogen-bond acceptors (Lipinski definition) is 7. The molecule has 0 saturated carbocycles. The first-order valence-corrected chi connectivity index (χ1v) is 12.5. The lowest BCUT2D eigenvalue weighted by molar-refractivity contribution is 0.0687. The molecule has 1 amide bonds. The van der Waals surface area contributed by atoms with Crippen molar-refractivity contribution in [3.8, 4) is 16.3 Å². The maximum atomic E-state index is 12.9. The molecule has 4 rings (SSSR count). The number of carbonyl (C=O) groups is 1. The van der Waals surface area contributed by atoms with Gasteiger partial charge in [-0.15, -0.1) is 11.3 Å². The summed E-state index contributed by atoms with van der Waals surface area (Å²) in [5.74, 6) is 0.535. The molecule has 0 aliphatic carbocycles. The van der Waals surface area contributed by atoms with Crippen LogP contribution in [-0.4, -0.2) is 104 Å². The molecule has 2 aliphatic heterocycles. The summed E-state index contributed by atoms with van der Waals surface area (Å²) in [5, 5.41) is 2.47. The van der Waals surface area contributed by atoms with Crippen molar-refractivity contribution in [2.75, 3.05) is 66.5 Å². The number of methoxy groups -OCH3 is 1. The standard InChI is InChI=1S/C20H27N5O4S2/c1-22-7-11-24(12-8-22)31(27,28)25-13-9-23(10-14-25)20(26)17-15-30-19(21-17)16-5-3-4-6-18(16)29-2/h3-6,15H,7-14H2,1-2H3. The SMILES string of the molecule is COc1ccccc1-c1nc(C(=O)N2CCN(S(=O)(=O)N3CCN(C)CC3)CC2)cs1. The fourth-order valence-electron chi connectivity index (χ4n) is 3.78. The largest absolute Gasteiger partial charge is 0.496 e. The number of rotatable bonds is 5. The number of hydrogen-bond donors (Lipinski definition) is 0. The molecule has 2 fully saturated rings. The summed E-state index contributed by atoms with van der Waals surface area (Å²) in [7, 11) is 0.110. The minimum absolute atomic E-state index is 0.172. The van der Waals surface area contributed by atoms with Gasteiger partial charge in [-0.2, -0.15) is 17.0 Å². The summed E-state index contributed by atoms with van der Waals surface area (Å²) in [5.41, 5.74) is 1.22. The van der Waals surface area contributed by atoms with Crippen molar-refractivity contribution in [2.45, 2.75) is 0 Å². The Bertz CT molecular complexity index is 1030. The van der Waals surface area contributed by atoms with Gasteiger partial charge in [0, 0.05) is 57.7 Å². The highest BCUT2D eigenvalue weighted by molar-refractivity contribution is 7.86. The van der Waals surface area contributed by atoms with Crippen LogP contribution in [0.15, 0.2) is 29.6 Å². The Labute approximate surface area is 187 Å². The van der Waals surface area contributed by atoms with Crippen LogP contribution < -0.4 is 4.74 Å².